The summed E-state index contributed by atoms with van der Waals surface area (Å²) in [4.78, 5) is 10.6. The third kappa shape index (κ3) is 2.05. The summed E-state index contributed by atoms with van der Waals surface area (Å²) in [6, 6.07) is 1.63. The highest BCUT2D eigenvalue weighted by Crippen LogP contribution is 2.17. The van der Waals surface area contributed by atoms with E-state index in [2.05, 4.69) is 5.32 Å². The lowest BCUT2D eigenvalue weighted by Gasteiger charge is -2.11. The van der Waals surface area contributed by atoms with Crippen LogP contribution in [-0.2, 0) is 4.79 Å². The molecular weight excluding hydrogens is 192 g/mol. The Kier molecular flexibility index (Phi) is 3.14. The van der Waals surface area contributed by atoms with E-state index in [0.717, 1.165) is 12.1 Å². The zero-order valence-electron chi connectivity index (χ0n) is 7.42. The van der Waals surface area contributed by atoms with Crippen LogP contribution in [0.4, 0.5) is 8.78 Å². The molecule has 0 bridgehead atoms. The zero-order chi connectivity index (χ0) is 10.7. The number of nitrogens with one attached hydrogen (secondary N) is 1. The van der Waals surface area contributed by atoms with Crippen LogP contribution in [0, 0.1) is 11.6 Å². The molecule has 1 rings (SSSR count). The molecule has 1 atom stereocenters. The van der Waals surface area contributed by atoms with Crippen LogP contribution in [0.3, 0.4) is 0 Å². The van der Waals surface area contributed by atoms with Gasteiger partial charge in [0.05, 0.1) is 0 Å². The van der Waals surface area contributed by atoms with E-state index in [0.29, 0.717) is 6.07 Å². The van der Waals surface area contributed by atoms with Gasteiger partial charge in [0, 0.05) is 11.6 Å². The van der Waals surface area contributed by atoms with Crippen molar-refractivity contribution < 1.29 is 18.7 Å². The molecule has 0 amide bonds. The van der Waals surface area contributed by atoms with E-state index in [1.807, 2.05) is 0 Å². The van der Waals surface area contributed by atoms with Gasteiger partial charge in [-0.05, 0) is 13.1 Å². The summed E-state index contributed by atoms with van der Waals surface area (Å²) < 4.78 is 25.6. The summed E-state index contributed by atoms with van der Waals surface area (Å²) in [5, 5.41) is 11.1. The Labute approximate surface area is 79.4 Å². The number of aliphatic carboxylic acids is 1. The quantitative estimate of drug-likeness (QED) is 0.775. The molecule has 0 aliphatic rings. The maximum absolute atomic E-state index is 13.1. The van der Waals surface area contributed by atoms with Crippen molar-refractivity contribution >= 4 is 5.97 Å². The molecule has 0 fully saturated rings. The fraction of sp³-hybridized carbons (Fsp3) is 0.222. The highest BCUT2D eigenvalue weighted by molar-refractivity contribution is 5.75. The first kappa shape index (κ1) is 10.6. The number of likely N-dealkylation sites (N-methyl/N-ethyl adjacent to an activating group) is 1. The molecule has 0 saturated carbocycles. The molecule has 14 heavy (non-hydrogen) atoms. The van der Waals surface area contributed by atoms with Crippen molar-refractivity contribution in [3.8, 4) is 0 Å². The lowest BCUT2D eigenvalue weighted by atomic mass is 10.1. The van der Waals surface area contributed by atoms with E-state index in [4.69, 9.17) is 5.11 Å². The molecule has 2 N–H and O–H groups in total. The van der Waals surface area contributed by atoms with Gasteiger partial charge in [-0.3, -0.25) is 4.79 Å². The van der Waals surface area contributed by atoms with Crippen LogP contribution in [0.5, 0.6) is 0 Å². The van der Waals surface area contributed by atoms with E-state index < -0.39 is 23.6 Å². The summed E-state index contributed by atoms with van der Waals surface area (Å²) in [7, 11) is 1.39. The van der Waals surface area contributed by atoms with Gasteiger partial charge < -0.3 is 10.4 Å². The Bertz CT molecular complexity index is 355. The van der Waals surface area contributed by atoms with Gasteiger partial charge in [-0.2, -0.15) is 0 Å². The van der Waals surface area contributed by atoms with E-state index in [1.165, 1.54) is 7.05 Å². The van der Waals surface area contributed by atoms with Crippen molar-refractivity contribution in [3.63, 3.8) is 0 Å². The molecule has 3 nitrogen and oxygen atoms in total. The van der Waals surface area contributed by atoms with Crippen LogP contribution in [0.25, 0.3) is 0 Å². The number of rotatable bonds is 3. The standard InChI is InChI=1S/C9H9F2NO2/c1-12-8(9(13)14)6-3-2-5(10)4-7(6)11/h2-4,8,12H,1H3,(H,13,14)/t8-/m0/s1. The first-order chi connectivity index (χ1) is 6.56. The van der Waals surface area contributed by atoms with Crippen molar-refractivity contribution in [3.05, 3.63) is 35.4 Å². The molecule has 0 saturated heterocycles. The second kappa shape index (κ2) is 4.15. The van der Waals surface area contributed by atoms with Gasteiger partial charge in [0.1, 0.15) is 17.7 Å². The fourth-order valence-corrected chi connectivity index (χ4v) is 1.15. The lowest BCUT2D eigenvalue weighted by Crippen LogP contribution is -2.25. The zero-order valence-corrected chi connectivity index (χ0v) is 7.42. The molecule has 1 aromatic carbocycles. The first-order valence-electron chi connectivity index (χ1n) is 3.91. The number of carboxylic acid groups (broad SMARTS) is 1. The lowest BCUT2D eigenvalue weighted by molar-refractivity contribution is -0.139. The van der Waals surface area contributed by atoms with Crippen molar-refractivity contribution in [2.24, 2.45) is 0 Å². The van der Waals surface area contributed by atoms with Gasteiger partial charge in [0.15, 0.2) is 0 Å². The van der Waals surface area contributed by atoms with E-state index in [1.54, 1.807) is 0 Å². The van der Waals surface area contributed by atoms with Crippen LogP contribution in [-0.4, -0.2) is 18.1 Å². The van der Waals surface area contributed by atoms with E-state index >= 15 is 0 Å². The Morgan fingerprint density at radius 1 is 1.50 bits per heavy atom. The topological polar surface area (TPSA) is 49.3 Å². The minimum absolute atomic E-state index is 0.0820. The number of hydrogen-bond donors (Lipinski definition) is 2. The second-order valence-electron chi connectivity index (χ2n) is 2.73. The molecule has 0 heterocycles. The highest BCUT2D eigenvalue weighted by atomic mass is 19.1. The fourth-order valence-electron chi connectivity index (χ4n) is 1.15. The summed E-state index contributed by atoms with van der Waals surface area (Å²) >= 11 is 0. The Balaban J connectivity index is 3.10. The summed E-state index contributed by atoms with van der Waals surface area (Å²) in [5.41, 5.74) is -0.0820. The van der Waals surface area contributed by atoms with Gasteiger partial charge in [0.25, 0.3) is 0 Å². The normalized spacial score (nSPS) is 12.5. The molecular formula is C9H9F2NO2. The average Bonchev–Trinajstić information content (AvgIpc) is 2.09. The second-order valence-corrected chi connectivity index (χ2v) is 2.73. The smallest absolute Gasteiger partial charge is 0.325 e. The van der Waals surface area contributed by atoms with Gasteiger partial charge in [0.2, 0.25) is 0 Å². The van der Waals surface area contributed by atoms with Gasteiger partial charge in [-0.1, -0.05) is 6.07 Å². The molecule has 0 unspecified atom stereocenters. The molecule has 5 heteroatoms. The summed E-state index contributed by atoms with van der Waals surface area (Å²) in [6.45, 7) is 0. The molecule has 0 aliphatic carbocycles. The number of halogens is 2. The highest BCUT2D eigenvalue weighted by Gasteiger charge is 2.21. The van der Waals surface area contributed by atoms with E-state index in [9.17, 15) is 13.6 Å². The molecule has 1 aromatic rings. The third-order valence-electron chi connectivity index (χ3n) is 1.81. The largest absolute Gasteiger partial charge is 0.480 e. The number of carbonyl (C=O) groups is 1. The van der Waals surface area contributed by atoms with E-state index in [-0.39, 0.29) is 5.56 Å². The minimum Gasteiger partial charge on any atom is -0.480 e. The Morgan fingerprint density at radius 2 is 2.14 bits per heavy atom. The van der Waals surface area contributed by atoms with Gasteiger partial charge in [-0.15, -0.1) is 0 Å². The van der Waals surface area contributed by atoms with Crippen LogP contribution in [0.1, 0.15) is 11.6 Å². The maximum Gasteiger partial charge on any atom is 0.325 e. The predicted octanol–water partition coefficient (Wildman–Crippen LogP) is 1.31. The maximum atomic E-state index is 13.1. The Hall–Kier alpha value is -1.49. The molecule has 0 radical (unpaired) electrons. The minimum atomic E-state index is -1.21. The summed E-state index contributed by atoms with van der Waals surface area (Å²) in [5.74, 6) is -2.81. The summed E-state index contributed by atoms with van der Waals surface area (Å²) in [6.07, 6.45) is 0. The third-order valence-corrected chi connectivity index (χ3v) is 1.81. The van der Waals surface area contributed by atoms with Crippen LogP contribution >= 0.6 is 0 Å². The van der Waals surface area contributed by atoms with Crippen LogP contribution in [0.2, 0.25) is 0 Å². The van der Waals surface area contributed by atoms with Crippen molar-refractivity contribution in [2.45, 2.75) is 6.04 Å². The monoisotopic (exact) mass is 201 g/mol. The molecule has 0 aromatic heterocycles. The van der Waals surface area contributed by atoms with Gasteiger partial charge >= 0.3 is 5.97 Å². The van der Waals surface area contributed by atoms with Crippen LogP contribution < -0.4 is 5.32 Å². The van der Waals surface area contributed by atoms with Crippen molar-refractivity contribution in [1.82, 2.24) is 5.32 Å². The Morgan fingerprint density at radius 3 is 2.57 bits per heavy atom. The molecule has 76 valence electrons. The van der Waals surface area contributed by atoms with Crippen molar-refractivity contribution in [1.29, 1.82) is 0 Å². The number of carboxylic acids is 1. The number of hydrogen-bond acceptors (Lipinski definition) is 2. The molecule has 0 aliphatic heterocycles. The molecule has 0 spiro atoms. The average molecular weight is 201 g/mol. The predicted molar refractivity (Wildman–Crippen MR) is 45.8 cm³/mol. The first-order valence-corrected chi connectivity index (χ1v) is 3.91. The number of benzene rings is 1. The van der Waals surface area contributed by atoms with Gasteiger partial charge in [-0.25, -0.2) is 8.78 Å². The van der Waals surface area contributed by atoms with Crippen molar-refractivity contribution in [2.75, 3.05) is 7.05 Å². The van der Waals surface area contributed by atoms with Crippen LogP contribution in [0.15, 0.2) is 18.2 Å². The SMILES string of the molecule is CN[C@H](C(=O)O)c1ccc(F)cc1F.